The Morgan fingerprint density at radius 1 is 0.937 bits per heavy atom. The summed E-state index contributed by atoms with van der Waals surface area (Å²) < 4.78 is 30.9. The molecule has 4 fully saturated rings. The molecule has 1 saturated carbocycles. The van der Waals surface area contributed by atoms with Gasteiger partial charge in [-0.05, 0) is 36.6 Å². The lowest BCUT2D eigenvalue weighted by molar-refractivity contribution is -0.136. The molecule has 0 bridgehead atoms. The standard InChI is InChI=1S/C45H43F2N11O5/c1-44-20-31-30(19-34(44)45(44,46)47)38(53-52-31)41(61)50-27-21-49-57(24-27)39(25-6-3-2-4-7-25)26-22-56(23-26)28-12-13-48-35(18-28)55-16-14-54(15-17-55)32-9-5-8-29-37(32)43(63)58(42(29)62)33-10-11-36(59)51-40(33)60/h2-9,12-13,18,21,24,26,33-34,39H,10-11,14-17,19-20,22-23H2,1H3,(H,50,61)(H,52,53)(H,51,59,60)/t33?,34-,39+,44+/m0/s1. The van der Waals surface area contributed by atoms with Crippen molar-refractivity contribution in [2.75, 3.05) is 59.3 Å². The second-order valence-electron chi connectivity index (χ2n) is 17.7. The zero-order valence-electron chi connectivity index (χ0n) is 34.3. The molecule has 63 heavy (non-hydrogen) atoms. The van der Waals surface area contributed by atoms with Crippen LogP contribution in [-0.2, 0) is 22.4 Å². The number of nitrogens with zero attached hydrogens (tertiary/aromatic N) is 8. The van der Waals surface area contributed by atoms with Crippen molar-refractivity contribution in [2.24, 2.45) is 17.3 Å². The highest BCUT2D eigenvalue weighted by Crippen LogP contribution is 2.70. The number of imide groups is 2. The van der Waals surface area contributed by atoms with Crippen molar-refractivity contribution >= 4 is 52.4 Å². The number of hydrogen-bond donors (Lipinski definition) is 3. The maximum absolute atomic E-state index is 14.5. The lowest BCUT2D eigenvalue weighted by Gasteiger charge is -2.45. The minimum atomic E-state index is -2.75. The Bertz CT molecular complexity index is 2730. The summed E-state index contributed by atoms with van der Waals surface area (Å²) in [6.45, 7) is 5.46. The van der Waals surface area contributed by atoms with Gasteiger partial charge in [0.1, 0.15) is 11.9 Å². The van der Waals surface area contributed by atoms with Gasteiger partial charge in [-0.1, -0.05) is 43.3 Å². The number of halogens is 2. The van der Waals surface area contributed by atoms with Crippen LogP contribution in [0.25, 0.3) is 0 Å². The number of anilines is 4. The number of amides is 5. The third kappa shape index (κ3) is 6.19. The molecule has 0 radical (unpaired) electrons. The Balaban J connectivity index is 0.744. The molecule has 7 heterocycles. The van der Waals surface area contributed by atoms with Gasteiger partial charge in [-0.3, -0.25) is 44.0 Å². The second-order valence-corrected chi connectivity index (χ2v) is 17.7. The number of H-pyrrole nitrogens is 1. The van der Waals surface area contributed by atoms with E-state index in [-0.39, 0.29) is 54.5 Å². The number of pyridine rings is 1. The lowest BCUT2D eigenvalue weighted by Crippen LogP contribution is -2.54. The number of hydrogen-bond acceptors (Lipinski definition) is 11. The van der Waals surface area contributed by atoms with Crippen LogP contribution in [-0.4, -0.2) is 111 Å². The molecule has 6 aliphatic rings. The Morgan fingerprint density at radius 2 is 1.71 bits per heavy atom. The number of piperazine rings is 1. The van der Waals surface area contributed by atoms with Crippen molar-refractivity contribution < 1.29 is 32.8 Å². The third-order valence-electron chi connectivity index (χ3n) is 14.1. The minimum absolute atomic E-state index is 0.0579. The normalized spacial score (nSPS) is 24.4. The molecule has 16 nitrogen and oxygen atoms in total. The number of rotatable bonds is 9. The molecular weight excluding hydrogens is 813 g/mol. The highest BCUT2D eigenvalue weighted by molar-refractivity contribution is 6.25. The molecule has 322 valence electrons. The van der Waals surface area contributed by atoms with Crippen LogP contribution >= 0.6 is 0 Å². The van der Waals surface area contributed by atoms with Gasteiger partial charge >= 0.3 is 0 Å². The van der Waals surface area contributed by atoms with Gasteiger partial charge in [-0.15, -0.1) is 0 Å². The Hall–Kier alpha value is -6.98. The number of carbonyl (C=O) groups is 5. The average molecular weight is 856 g/mol. The predicted molar refractivity (Wildman–Crippen MR) is 225 cm³/mol. The lowest BCUT2D eigenvalue weighted by atomic mass is 9.86. The van der Waals surface area contributed by atoms with Crippen LogP contribution in [0.5, 0.6) is 0 Å². The summed E-state index contributed by atoms with van der Waals surface area (Å²) in [6, 6.07) is 18.2. The van der Waals surface area contributed by atoms with E-state index in [2.05, 4.69) is 53.7 Å². The number of alkyl halides is 2. The van der Waals surface area contributed by atoms with Crippen molar-refractivity contribution in [3.63, 3.8) is 0 Å². The fourth-order valence-electron chi connectivity index (χ4n) is 10.5. The Labute approximate surface area is 359 Å². The highest BCUT2D eigenvalue weighted by Gasteiger charge is 2.78. The summed E-state index contributed by atoms with van der Waals surface area (Å²) in [5.41, 5.74) is 3.99. The maximum atomic E-state index is 14.5. The number of aromatic amines is 1. The second kappa shape index (κ2) is 14.3. The topological polar surface area (TPSA) is 182 Å². The molecule has 11 rings (SSSR count). The molecule has 0 spiro atoms. The molecule has 18 heteroatoms. The summed E-state index contributed by atoms with van der Waals surface area (Å²) in [5, 5.41) is 16.9. The zero-order valence-corrected chi connectivity index (χ0v) is 34.3. The van der Waals surface area contributed by atoms with E-state index in [4.69, 9.17) is 10.1 Å². The summed E-state index contributed by atoms with van der Waals surface area (Å²) in [7, 11) is 0. The zero-order chi connectivity index (χ0) is 43.4. The Morgan fingerprint density at radius 3 is 2.49 bits per heavy atom. The Kier molecular flexibility index (Phi) is 8.82. The molecule has 4 aliphatic heterocycles. The minimum Gasteiger partial charge on any atom is -0.370 e. The van der Waals surface area contributed by atoms with Crippen LogP contribution < -0.4 is 25.3 Å². The van der Waals surface area contributed by atoms with Gasteiger partial charge in [0, 0.05) is 105 Å². The highest BCUT2D eigenvalue weighted by atomic mass is 19.3. The number of piperidine rings is 1. The molecule has 5 amide bonds. The van der Waals surface area contributed by atoms with Crippen molar-refractivity contribution in [1.29, 1.82) is 0 Å². The van der Waals surface area contributed by atoms with E-state index < -0.39 is 52.8 Å². The molecule has 5 aromatic rings. The van der Waals surface area contributed by atoms with E-state index in [1.165, 1.54) is 0 Å². The third-order valence-corrected chi connectivity index (χ3v) is 14.1. The van der Waals surface area contributed by atoms with Crippen LogP contribution in [0.3, 0.4) is 0 Å². The monoisotopic (exact) mass is 855 g/mol. The fraction of sp³-hybridized carbons (Fsp3) is 0.378. The molecule has 1 unspecified atom stereocenters. The van der Waals surface area contributed by atoms with Crippen molar-refractivity contribution in [3.8, 4) is 0 Å². The van der Waals surface area contributed by atoms with Gasteiger partial charge in [0.05, 0.1) is 34.7 Å². The van der Waals surface area contributed by atoms with Crippen LogP contribution in [0.4, 0.5) is 31.7 Å². The smallest absolute Gasteiger partial charge is 0.276 e. The van der Waals surface area contributed by atoms with Gasteiger partial charge in [-0.2, -0.15) is 10.2 Å². The largest absolute Gasteiger partial charge is 0.370 e. The quantitative estimate of drug-likeness (QED) is 0.182. The van der Waals surface area contributed by atoms with Crippen LogP contribution in [0, 0.1) is 17.3 Å². The molecule has 2 aliphatic carbocycles. The van der Waals surface area contributed by atoms with E-state index in [0.29, 0.717) is 48.8 Å². The summed E-state index contributed by atoms with van der Waals surface area (Å²) in [4.78, 5) is 77.3. The van der Waals surface area contributed by atoms with E-state index in [9.17, 15) is 32.8 Å². The first kappa shape index (κ1) is 38.9. The molecule has 4 atom stereocenters. The molecule has 3 aromatic heterocycles. The predicted octanol–water partition coefficient (Wildman–Crippen LogP) is 4.08. The van der Waals surface area contributed by atoms with E-state index >= 15 is 0 Å². The van der Waals surface area contributed by atoms with Crippen molar-refractivity contribution in [1.82, 2.24) is 35.2 Å². The number of aromatic nitrogens is 5. The first-order valence-electron chi connectivity index (χ1n) is 21.3. The molecule has 2 aromatic carbocycles. The maximum Gasteiger partial charge on any atom is 0.276 e. The molecule has 3 N–H and O–H groups in total. The van der Waals surface area contributed by atoms with Crippen LogP contribution in [0.2, 0.25) is 0 Å². The summed E-state index contributed by atoms with van der Waals surface area (Å²) in [5.74, 6) is -5.10. The van der Waals surface area contributed by atoms with Crippen molar-refractivity contribution in [2.45, 2.75) is 50.6 Å². The van der Waals surface area contributed by atoms with Gasteiger partial charge in [0.2, 0.25) is 11.8 Å². The van der Waals surface area contributed by atoms with Gasteiger partial charge in [0.15, 0.2) is 5.69 Å². The van der Waals surface area contributed by atoms with Gasteiger partial charge in [-0.25, -0.2) is 13.8 Å². The number of carbonyl (C=O) groups excluding carboxylic acids is 5. The fourth-order valence-corrected chi connectivity index (χ4v) is 10.5. The summed E-state index contributed by atoms with van der Waals surface area (Å²) >= 11 is 0. The molecule has 3 saturated heterocycles. The van der Waals surface area contributed by atoms with E-state index in [1.807, 2.05) is 41.2 Å². The number of fused-ring (bicyclic) bond motifs is 3. The summed E-state index contributed by atoms with van der Waals surface area (Å²) in [6.07, 6.45) is 5.64. The van der Waals surface area contributed by atoms with Gasteiger partial charge in [0.25, 0.3) is 23.6 Å². The average Bonchev–Trinajstić information content (AvgIpc) is 3.78. The first-order valence-corrected chi connectivity index (χ1v) is 21.3. The molecular formula is C45H43F2N11O5. The van der Waals surface area contributed by atoms with E-state index in [0.717, 1.165) is 35.1 Å². The van der Waals surface area contributed by atoms with Crippen molar-refractivity contribution in [3.05, 3.63) is 113 Å². The van der Waals surface area contributed by atoms with Crippen LogP contribution in [0.15, 0.2) is 79.3 Å². The SMILES string of the molecule is C[C@@]12Cc3[nH]nc(C(=O)Nc4cnn([C@H](c5ccccc5)C5CN(c6ccnc(N7CCN(c8cccc9c8C(=O)N(C8CCC(=O)NC8=O)C9=O)CC7)c6)C5)c4)c3C[C@@H]1C2(F)F. The van der Waals surface area contributed by atoms with Gasteiger partial charge < -0.3 is 20.0 Å². The van der Waals surface area contributed by atoms with E-state index in [1.54, 1.807) is 31.5 Å². The number of nitrogens with one attached hydrogen (secondary N) is 3. The first-order chi connectivity index (χ1) is 30.4. The van der Waals surface area contributed by atoms with Crippen LogP contribution in [0.1, 0.15) is 73.8 Å². The number of benzene rings is 2.